The fourth-order valence-electron chi connectivity index (χ4n) is 2.60. The predicted octanol–water partition coefficient (Wildman–Crippen LogP) is 3.01. The topological polar surface area (TPSA) is 111 Å². The zero-order valence-corrected chi connectivity index (χ0v) is 15.3. The summed E-state index contributed by atoms with van der Waals surface area (Å²) in [4.78, 5) is 38.5. The number of halogens is 1. The molecule has 7 nitrogen and oxygen atoms in total. The molecule has 0 saturated heterocycles. The maximum Gasteiger partial charge on any atom is 0.279 e. The van der Waals surface area contributed by atoms with E-state index in [9.17, 15) is 19.5 Å². The molecule has 0 atom stereocenters. The number of unbranched alkanes of at least 4 members (excludes halogenated alkanes) is 4. The van der Waals surface area contributed by atoms with Gasteiger partial charge in [0, 0.05) is 16.8 Å². The Morgan fingerprint density at radius 2 is 1.88 bits per heavy atom. The molecule has 26 heavy (non-hydrogen) atoms. The van der Waals surface area contributed by atoms with Gasteiger partial charge >= 0.3 is 0 Å². The molecule has 1 aromatic carbocycles. The standard InChI is InChI=1S/C18H22ClN3O4/c1-2-3-4-5-6-7-14(23)21-22-18(26)15-16(24)12-9-8-11(19)10-13(12)20-17(15)25/h8-10H,2-7H2,1H3,(H,21,23)(H,22,26)(H2,20,24,25). The third-order valence-corrected chi connectivity index (χ3v) is 4.23. The molecule has 0 radical (unpaired) electrons. The van der Waals surface area contributed by atoms with Gasteiger partial charge in [-0.05, 0) is 24.6 Å². The molecule has 1 heterocycles. The van der Waals surface area contributed by atoms with Gasteiger partial charge in [0.05, 0.1) is 5.52 Å². The van der Waals surface area contributed by atoms with Crippen LogP contribution in [0.3, 0.4) is 0 Å². The van der Waals surface area contributed by atoms with Crippen molar-refractivity contribution in [3.63, 3.8) is 0 Å². The van der Waals surface area contributed by atoms with E-state index in [-0.39, 0.29) is 17.7 Å². The number of hydrazine groups is 1. The Bertz CT molecular complexity index is 863. The molecule has 0 unspecified atom stereocenters. The minimum atomic E-state index is -0.889. The number of aromatic amines is 1. The van der Waals surface area contributed by atoms with E-state index >= 15 is 0 Å². The maximum absolute atomic E-state index is 12.2. The van der Waals surface area contributed by atoms with Crippen LogP contribution in [0.25, 0.3) is 10.9 Å². The van der Waals surface area contributed by atoms with Gasteiger partial charge in [-0.15, -0.1) is 0 Å². The van der Waals surface area contributed by atoms with E-state index in [0.717, 1.165) is 32.1 Å². The number of hydrogen-bond donors (Lipinski definition) is 4. The number of benzene rings is 1. The Kier molecular flexibility index (Phi) is 7.03. The highest BCUT2D eigenvalue weighted by atomic mass is 35.5. The van der Waals surface area contributed by atoms with Crippen molar-refractivity contribution in [3.05, 3.63) is 39.1 Å². The molecule has 0 fully saturated rings. The molecule has 0 aliphatic carbocycles. The van der Waals surface area contributed by atoms with Gasteiger partial charge in [0.25, 0.3) is 11.5 Å². The molecule has 8 heteroatoms. The number of carbonyl (C=O) groups excluding carboxylic acids is 2. The Balaban J connectivity index is 2.00. The zero-order chi connectivity index (χ0) is 19.1. The molecule has 0 aliphatic rings. The number of rotatable bonds is 7. The normalized spacial score (nSPS) is 10.7. The van der Waals surface area contributed by atoms with Crippen molar-refractivity contribution in [1.82, 2.24) is 15.8 Å². The van der Waals surface area contributed by atoms with Crippen LogP contribution in [0.5, 0.6) is 5.75 Å². The van der Waals surface area contributed by atoms with E-state index in [4.69, 9.17) is 11.6 Å². The average molecular weight is 380 g/mol. The van der Waals surface area contributed by atoms with E-state index in [1.807, 2.05) is 0 Å². The van der Waals surface area contributed by atoms with Crippen LogP contribution in [0.15, 0.2) is 23.0 Å². The molecule has 2 aromatic rings. The Morgan fingerprint density at radius 3 is 2.62 bits per heavy atom. The fraction of sp³-hybridized carbons (Fsp3) is 0.389. The summed E-state index contributed by atoms with van der Waals surface area (Å²) in [6.45, 7) is 2.11. The van der Waals surface area contributed by atoms with Crippen LogP contribution in [-0.2, 0) is 4.79 Å². The Hall–Kier alpha value is -2.54. The summed E-state index contributed by atoms with van der Waals surface area (Å²) in [6, 6.07) is 4.50. The van der Waals surface area contributed by atoms with Crippen molar-refractivity contribution >= 4 is 34.3 Å². The third-order valence-electron chi connectivity index (χ3n) is 4.00. The van der Waals surface area contributed by atoms with Crippen LogP contribution in [-0.4, -0.2) is 21.9 Å². The van der Waals surface area contributed by atoms with Gasteiger partial charge in [-0.25, -0.2) is 0 Å². The summed E-state index contributed by atoms with van der Waals surface area (Å²) in [6.07, 6.45) is 5.28. The largest absolute Gasteiger partial charge is 0.506 e. The van der Waals surface area contributed by atoms with Crippen LogP contribution in [0.4, 0.5) is 0 Å². The molecule has 0 spiro atoms. The van der Waals surface area contributed by atoms with Crippen LogP contribution in [0, 0.1) is 0 Å². The first-order chi connectivity index (χ1) is 12.4. The Morgan fingerprint density at radius 1 is 1.15 bits per heavy atom. The average Bonchev–Trinajstić information content (AvgIpc) is 2.59. The maximum atomic E-state index is 12.2. The first kappa shape index (κ1) is 19.8. The van der Waals surface area contributed by atoms with E-state index in [2.05, 4.69) is 22.8 Å². The lowest BCUT2D eigenvalue weighted by atomic mass is 10.1. The second-order valence-electron chi connectivity index (χ2n) is 6.03. The number of carbonyl (C=O) groups is 2. The molecule has 1 aromatic heterocycles. The minimum absolute atomic E-state index is 0.279. The lowest BCUT2D eigenvalue weighted by Gasteiger charge is -2.10. The highest BCUT2D eigenvalue weighted by molar-refractivity contribution is 6.31. The first-order valence-corrected chi connectivity index (χ1v) is 8.95. The number of amides is 2. The van der Waals surface area contributed by atoms with Crippen LogP contribution >= 0.6 is 11.6 Å². The minimum Gasteiger partial charge on any atom is -0.506 e. The van der Waals surface area contributed by atoms with Crippen molar-refractivity contribution in [2.75, 3.05) is 0 Å². The van der Waals surface area contributed by atoms with Crippen molar-refractivity contribution in [2.24, 2.45) is 0 Å². The SMILES string of the molecule is CCCCCCCC(=O)NNC(=O)c1c(O)c2ccc(Cl)cc2[nH]c1=O. The van der Waals surface area contributed by atoms with Gasteiger partial charge < -0.3 is 10.1 Å². The van der Waals surface area contributed by atoms with Crippen molar-refractivity contribution < 1.29 is 14.7 Å². The highest BCUT2D eigenvalue weighted by Crippen LogP contribution is 2.26. The summed E-state index contributed by atoms with van der Waals surface area (Å²) < 4.78 is 0. The van der Waals surface area contributed by atoms with Crippen LogP contribution in [0.1, 0.15) is 55.8 Å². The molecular formula is C18H22ClN3O4. The van der Waals surface area contributed by atoms with E-state index in [1.54, 1.807) is 0 Å². The van der Waals surface area contributed by atoms with Crippen LogP contribution in [0.2, 0.25) is 5.02 Å². The number of aromatic nitrogens is 1. The summed E-state index contributed by atoms with van der Waals surface area (Å²) in [5.74, 6) is -1.70. The van der Waals surface area contributed by atoms with Gasteiger partial charge in [-0.3, -0.25) is 25.2 Å². The van der Waals surface area contributed by atoms with Gasteiger partial charge in [-0.1, -0.05) is 44.2 Å². The fourth-order valence-corrected chi connectivity index (χ4v) is 2.78. The first-order valence-electron chi connectivity index (χ1n) is 8.57. The number of aromatic hydroxyl groups is 1. The van der Waals surface area contributed by atoms with Crippen LogP contribution < -0.4 is 16.4 Å². The van der Waals surface area contributed by atoms with E-state index in [1.165, 1.54) is 18.2 Å². The number of pyridine rings is 1. The number of H-pyrrole nitrogens is 1. The Labute approximate surface area is 155 Å². The quantitative estimate of drug-likeness (QED) is 0.437. The van der Waals surface area contributed by atoms with Gasteiger partial charge in [0.2, 0.25) is 5.91 Å². The van der Waals surface area contributed by atoms with Gasteiger partial charge in [0.15, 0.2) is 0 Å². The molecule has 4 N–H and O–H groups in total. The number of nitrogens with one attached hydrogen (secondary N) is 3. The molecule has 2 rings (SSSR count). The second kappa shape index (κ2) is 9.24. The number of hydrogen-bond acceptors (Lipinski definition) is 4. The van der Waals surface area contributed by atoms with Crippen molar-refractivity contribution in [2.45, 2.75) is 45.4 Å². The second-order valence-corrected chi connectivity index (χ2v) is 6.47. The monoisotopic (exact) mass is 379 g/mol. The molecular weight excluding hydrogens is 358 g/mol. The molecule has 140 valence electrons. The number of fused-ring (bicyclic) bond motifs is 1. The summed E-state index contributed by atoms with van der Waals surface area (Å²) in [7, 11) is 0. The van der Waals surface area contributed by atoms with Gasteiger partial charge in [0.1, 0.15) is 11.3 Å². The van der Waals surface area contributed by atoms with Crippen molar-refractivity contribution in [3.8, 4) is 5.75 Å². The summed E-state index contributed by atoms with van der Waals surface area (Å²) >= 11 is 5.85. The third kappa shape index (κ3) is 4.98. The highest BCUT2D eigenvalue weighted by Gasteiger charge is 2.19. The smallest absolute Gasteiger partial charge is 0.279 e. The molecule has 2 amide bonds. The van der Waals surface area contributed by atoms with Crippen molar-refractivity contribution in [1.29, 1.82) is 0 Å². The molecule has 0 aliphatic heterocycles. The predicted molar refractivity (Wildman–Crippen MR) is 100 cm³/mol. The molecule has 0 saturated carbocycles. The van der Waals surface area contributed by atoms with E-state index in [0.29, 0.717) is 10.5 Å². The molecule has 0 bridgehead atoms. The lowest BCUT2D eigenvalue weighted by Crippen LogP contribution is -2.43. The van der Waals surface area contributed by atoms with Gasteiger partial charge in [-0.2, -0.15) is 0 Å². The summed E-state index contributed by atoms with van der Waals surface area (Å²) in [5, 5.41) is 10.9. The van der Waals surface area contributed by atoms with E-state index < -0.39 is 22.8 Å². The summed E-state index contributed by atoms with van der Waals surface area (Å²) in [5.41, 5.74) is 3.49. The zero-order valence-electron chi connectivity index (χ0n) is 14.5. The lowest BCUT2D eigenvalue weighted by molar-refractivity contribution is -0.122.